The summed E-state index contributed by atoms with van der Waals surface area (Å²) in [6.45, 7) is 0. The van der Waals surface area contributed by atoms with Crippen LogP contribution in [0.1, 0.15) is 5.56 Å². The first-order valence-corrected chi connectivity index (χ1v) is 6.27. The van der Waals surface area contributed by atoms with Crippen molar-refractivity contribution in [2.24, 2.45) is 5.10 Å². The molecular weight excluding hydrogens is 264 g/mol. The zero-order valence-corrected chi connectivity index (χ0v) is 10.6. The summed E-state index contributed by atoms with van der Waals surface area (Å²) in [5.74, 6) is 0.807. The molecule has 0 fully saturated rings. The Morgan fingerprint density at radius 3 is 3.16 bits per heavy atom. The average molecular weight is 274 g/mol. The summed E-state index contributed by atoms with van der Waals surface area (Å²) >= 11 is 1.23. The first kappa shape index (κ1) is 12.9. The molecule has 0 atom stereocenters. The molecule has 1 aromatic carbocycles. The van der Waals surface area contributed by atoms with Crippen molar-refractivity contribution >= 4 is 23.9 Å². The Balaban J connectivity index is 1.94. The summed E-state index contributed by atoms with van der Waals surface area (Å²) in [5, 5.41) is 28.9. The van der Waals surface area contributed by atoms with Crippen LogP contribution in [0.3, 0.4) is 0 Å². The third-order valence-electron chi connectivity index (χ3n) is 2.04. The highest BCUT2D eigenvalue weighted by Gasteiger charge is 2.02. The lowest BCUT2D eigenvalue weighted by molar-refractivity contribution is 0.474. The van der Waals surface area contributed by atoms with Crippen molar-refractivity contribution in [3.05, 3.63) is 29.8 Å². The molecule has 0 aliphatic heterocycles. The number of phenols is 1. The summed E-state index contributed by atoms with van der Waals surface area (Å²) in [6.07, 6.45) is 1.47. The van der Waals surface area contributed by atoms with Crippen LogP contribution in [0.4, 0.5) is 5.95 Å². The molecule has 7 nitrogen and oxygen atoms in total. The molecule has 0 unspecified atom stereocenters. The highest BCUT2D eigenvalue weighted by molar-refractivity contribution is 7.99. The number of phenolic OH excluding ortho intramolecular Hbond substituents is 1. The number of benzene rings is 1. The van der Waals surface area contributed by atoms with Gasteiger partial charge in [0.15, 0.2) is 0 Å². The van der Waals surface area contributed by atoms with Gasteiger partial charge in [-0.15, -0.1) is 5.10 Å². The molecule has 0 bridgehead atoms. The standard InChI is InChI=1S/C11H10N6OS/c12-5-6-19-11-14-10(16-17-11)15-13-7-8-3-1-2-4-9(8)18/h1-4,7,18H,6H2,(H2,14,15,16,17)/b13-7-. The molecule has 19 heavy (non-hydrogen) atoms. The number of aromatic nitrogens is 3. The van der Waals surface area contributed by atoms with E-state index < -0.39 is 0 Å². The van der Waals surface area contributed by atoms with E-state index in [1.807, 2.05) is 6.07 Å². The number of nitriles is 1. The molecule has 1 aromatic heterocycles. The van der Waals surface area contributed by atoms with E-state index in [0.29, 0.717) is 22.4 Å². The Hall–Kier alpha value is -2.53. The van der Waals surface area contributed by atoms with Gasteiger partial charge in [-0.25, -0.2) is 10.5 Å². The molecule has 0 amide bonds. The minimum atomic E-state index is 0.149. The number of aromatic amines is 1. The summed E-state index contributed by atoms with van der Waals surface area (Å²) in [5.41, 5.74) is 3.24. The van der Waals surface area contributed by atoms with Gasteiger partial charge in [0.05, 0.1) is 18.0 Å². The van der Waals surface area contributed by atoms with Crippen molar-refractivity contribution in [2.75, 3.05) is 11.2 Å². The van der Waals surface area contributed by atoms with Crippen LogP contribution >= 0.6 is 11.8 Å². The van der Waals surface area contributed by atoms with Gasteiger partial charge >= 0.3 is 0 Å². The van der Waals surface area contributed by atoms with E-state index >= 15 is 0 Å². The van der Waals surface area contributed by atoms with Gasteiger partial charge < -0.3 is 5.11 Å². The number of rotatable bonds is 5. The molecule has 2 aromatic rings. The number of nitrogens with zero attached hydrogens (tertiary/aromatic N) is 4. The van der Waals surface area contributed by atoms with Crippen LogP contribution < -0.4 is 5.43 Å². The fourth-order valence-electron chi connectivity index (χ4n) is 1.22. The smallest absolute Gasteiger partial charge is 0.240 e. The van der Waals surface area contributed by atoms with E-state index in [2.05, 4.69) is 25.7 Å². The Bertz CT molecular complexity index is 618. The maximum absolute atomic E-state index is 9.52. The normalized spacial score (nSPS) is 10.5. The second kappa shape index (κ2) is 6.42. The number of thioether (sulfide) groups is 1. The second-order valence-corrected chi connectivity index (χ2v) is 4.28. The zero-order valence-electron chi connectivity index (χ0n) is 9.74. The molecule has 96 valence electrons. The van der Waals surface area contributed by atoms with Crippen molar-refractivity contribution in [3.63, 3.8) is 0 Å². The van der Waals surface area contributed by atoms with E-state index in [0.717, 1.165) is 0 Å². The third-order valence-corrected chi connectivity index (χ3v) is 2.76. The van der Waals surface area contributed by atoms with Crippen molar-refractivity contribution < 1.29 is 5.11 Å². The van der Waals surface area contributed by atoms with Crippen LogP contribution in [-0.2, 0) is 0 Å². The topological polar surface area (TPSA) is 110 Å². The van der Waals surface area contributed by atoms with E-state index in [9.17, 15) is 5.11 Å². The maximum atomic E-state index is 9.52. The van der Waals surface area contributed by atoms with Crippen LogP contribution in [0.2, 0.25) is 0 Å². The molecular formula is C11H10N6OS. The largest absolute Gasteiger partial charge is 0.507 e. The van der Waals surface area contributed by atoms with Crippen molar-refractivity contribution in [1.29, 1.82) is 5.26 Å². The number of para-hydroxylation sites is 1. The maximum Gasteiger partial charge on any atom is 0.240 e. The number of hydrogen-bond acceptors (Lipinski definition) is 7. The predicted molar refractivity (Wildman–Crippen MR) is 72.0 cm³/mol. The Kier molecular flexibility index (Phi) is 4.36. The van der Waals surface area contributed by atoms with Gasteiger partial charge in [-0.2, -0.15) is 15.3 Å². The number of aromatic hydroxyl groups is 1. The minimum Gasteiger partial charge on any atom is -0.507 e. The summed E-state index contributed by atoms with van der Waals surface area (Å²) in [7, 11) is 0. The predicted octanol–water partition coefficient (Wildman–Crippen LogP) is 1.57. The van der Waals surface area contributed by atoms with Gasteiger partial charge in [-0.05, 0) is 12.1 Å². The molecule has 2 rings (SSSR count). The lowest BCUT2D eigenvalue weighted by Crippen LogP contribution is -1.92. The number of nitrogens with one attached hydrogen (secondary N) is 2. The number of hydrazone groups is 1. The van der Waals surface area contributed by atoms with Gasteiger partial charge in [0.2, 0.25) is 11.1 Å². The molecule has 0 aliphatic carbocycles. The number of hydrogen-bond donors (Lipinski definition) is 3. The Labute approximate surface area is 113 Å². The molecule has 8 heteroatoms. The van der Waals surface area contributed by atoms with Gasteiger partial charge in [0, 0.05) is 5.56 Å². The Morgan fingerprint density at radius 2 is 2.37 bits per heavy atom. The fourth-order valence-corrected chi connectivity index (χ4v) is 1.68. The van der Waals surface area contributed by atoms with Crippen LogP contribution in [-0.4, -0.2) is 32.3 Å². The zero-order chi connectivity index (χ0) is 13.5. The Morgan fingerprint density at radius 1 is 1.53 bits per heavy atom. The molecule has 1 heterocycles. The van der Waals surface area contributed by atoms with Crippen LogP contribution in [0.5, 0.6) is 5.75 Å². The molecule has 0 saturated heterocycles. The number of H-pyrrole nitrogens is 1. The quantitative estimate of drug-likeness (QED) is 0.433. The van der Waals surface area contributed by atoms with Gasteiger partial charge in [0.25, 0.3) is 0 Å². The fraction of sp³-hybridized carbons (Fsp3) is 0.0909. The first-order valence-electron chi connectivity index (χ1n) is 5.29. The highest BCUT2D eigenvalue weighted by atomic mass is 32.2. The molecule has 0 spiro atoms. The van der Waals surface area contributed by atoms with Crippen LogP contribution in [0, 0.1) is 11.3 Å². The van der Waals surface area contributed by atoms with Gasteiger partial charge in [-0.3, -0.25) is 0 Å². The molecule has 0 radical (unpaired) electrons. The summed E-state index contributed by atoms with van der Waals surface area (Å²) in [4.78, 5) is 4.06. The number of anilines is 1. The third kappa shape index (κ3) is 3.72. The molecule has 0 aliphatic rings. The van der Waals surface area contributed by atoms with Crippen molar-refractivity contribution in [2.45, 2.75) is 5.16 Å². The summed E-state index contributed by atoms with van der Waals surface area (Å²) < 4.78 is 0. The van der Waals surface area contributed by atoms with E-state index in [4.69, 9.17) is 5.26 Å². The molecule has 0 saturated carbocycles. The lowest BCUT2D eigenvalue weighted by Gasteiger charge is -1.96. The van der Waals surface area contributed by atoms with E-state index in [-0.39, 0.29) is 5.75 Å². The second-order valence-electron chi connectivity index (χ2n) is 3.34. The van der Waals surface area contributed by atoms with E-state index in [1.165, 1.54) is 18.0 Å². The minimum absolute atomic E-state index is 0.149. The monoisotopic (exact) mass is 274 g/mol. The van der Waals surface area contributed by atoms with Crippen molar-refractivity contribution in [1.82, 2.24) is 15.2 Å². The molecule has 3 N–H and O–H groups in total. The highest BCUT2D eigenvalue weighted by Crippen LogP contribution is 2.14. The van der Waals surface area contributed by atoms with E-state index in [1.54, 1.807) is 24.3 Å². The van der Waals surface area contributed by atoms with Crippen molar-refractivity contribution in [3.8, 4) is 11.8 Å². The van der Waals surface area contributed by atoms with Gasteiger partial charge in [0.1, 0.15) is 5.75 Å². The SMILES string of the molecule is N#CCSc1n[nH]c(N/N=C\c2ccccc2O)n1. The van der Waals surface area contributed by atoms with Gasteiger partial charge in [-0.1, -0.05) is 23.9 Å². The average Bonchev–Trinajstić information content (AvgIpc) is 2.86. The summed E-state index contributed by atoms with van der Waals surface area (Å²) in [6, 6.07) is 8.82. The first-order chi connectivity index (χ1) is 9.29. The lowest BCUT2D eigenvalue weighted by atomic mass is 10.2. The van der Waals surface area contributed by atoms with Crippen LogP contribution in [0.15, 0.2) is 34.5 Å². The van der Waals surface area contributed by atoms with Crippen LogP contribution in [0.25, 0.3) is 0 Å².